The lowest BCUT2D eigenvalue weighted by Crippen LogP contribution is -2.58. The molecule has 4 atom stereocenters. The molecule has 2 aliphatic heterocycles. The summed E-state index contributed by atoms with van der Waals surface area (Å²) in [6.45, 7) is 2.56. The molecule has 1 N–H and O–H groups in total. The van der Waals surface area contributed by atoms with E-state index in [9.17, 15) is 14.4 Å². The normalized spacial score (nSPS) is 25.8. The van der Waals surface area contributed by atoms with E-state index in [2.05, 4.69) is 7.05 Å². The number of carboxylic acid groups (broad SMARTS) is 1. The zero-order valence-electron chi connectivity index (χ0n) is 18.7. The molecule has 0 amide bonds. The number of carbonyl (C=O) groups excluding carboxylic acids is 2. The highest BCUT2D eigenvalue weighted by Gasteiger charge is 2.52. The molecule has 9 heteroatoms. The summed E-state index contributed by atoms with van der Waals surface area (Å²) in [6.07, 6.45) is 4.50. The van der Waals surface area contributed by atoms with E-state index in [1.807, 2.05) is 24.3 Å². The number of halogens is 2. The van der Waals surface area contributed by atoms with Crippen molar-refractivity contribution in [1.82, 2.24) is 0 Å². The Morgan fingerprint density at radius 1 is 1.03 bits per heavy atom. The molecule has 0 saturated carbocycles. The molecule has 0 spiro atoms. The topological polar surface area (TPSA) is 89.9 Å². The third-order valence-corrected chi connectivity index (χ3v) is 6.64. The average Bonchev–Trinajstić information content (AvgIpc) is 2.86. The zero-order valence-corrected chi connectivity index (χ0v) is 22.1. The van der Waals surface area contributed by atoms with Crippen molar-refractivity contribution in [3.8, 4) is 5.75 Å². The Balaban J connectivity index is 0.00000256. The van der Waals surface area contributed by atoms with Crippen LogP contribution >= 0.6 is 34.0 Å². The summed E-state index contributed by atoms with van der Waals surface area (Å²) < 4.78 is 12.1. The molecule has 2 heterocycles. The van der Waals surface area contributed by atoms with E-state index < -0.39 is 5.97 Å². The molecular weight excluding hydrogens is 546 g/mol. The molecule has 0 radical (unpaired) electrons. The van der Waals surface area contributed by atoms with Gasteiger partial charge in [0, 0.05) is 50.5 Å². The van der Waals surface area contributed by atoms with Gasteiger partial charge in [0.2, 0.25) is 0 Å². The van der Waals surface area contributed by atoms with Crippen LogP contribution in [0.2, 0.25) is 0 Å². The fourth-order valence-corrected chi connectivity index (χ4v) is 4.97. The van der Waals surface area contributed by atoms with E-state index in [0.29, 0.717) is 30.7 Å². The highest BCUT2D eigenvalue weighted by Crippen LogP contribution is 2.44. The number of nitrogens with zero attached hydrogens (tertiary/aromatic N) is 1. The van der Waals surface area contributed by atoms with Crippen molar-refractivity contribution < 1.29 is 33.4 Å². The van der Waals surface area contributed by atoms with Crippen molar-refractivity contribution in [1.29, 1.82) is 0 Å². The molecule has 0 aliphatic carbocycles. The molecule has 0 aromatic heterocycles. The maximum absolute atomic E-state index is 12.1. The number of para-hydroxylation sites is 1. The first kappa shape index (κ1) is 28.6. The predicted molar refractivity (Wildman–Crippen MR) is 130 cm³/mol. The molecule has 2 unspecified atom stereocenters. The number of esters is 2. The van der Waals surface area contributed by atoms with Crippen molar-refractivity contribution in [2.75, 3.05) is 7.05 Å². The van der Waals surface area contributed by atoms with Crippen LogP contribution in [0.15, 0.2) is 24.3 Å². The first-order valence-electron chi connectivity index (χ1n) is 10.9. The number of hydrogen-bond acceptors (Lipinski definition) is 5. The van der Waals surface area contributed by atoms with E-state index in [4.69, 9.17) is 14.6 Å². The molecule has 1 aromatic rings. The Hall–Kier alpha value is -1.45. The van der Waals surface area contributed by atoms with Crippen LogP contribution in [0.4, 0.5) is 0 Å². The van der Waals surface area contributed by atoms with Gasteiger partial charge in [0.1, 0.15) is 18.4 Å². The number of carboxylic acids is 1. The maximum atomic E-state index is 12.1. The van der Waals surface area contributed by atoms with Crippen LogP contribution in [0, 0.1) is 0 Å². The second kappa shape index (κ2) is 12.7. The second-order valence-electron chi connectivity index (χ2n) is 8.66. The van der Waals surface area contributed by atoms with Crippen LogP contribution in [0.5, 0.6) is 5.75 Å². The fraction of sp³-hybridized carbons (Fsp3) is 0.609. The van der Waals surface area contributed by atoms with E-state index >= 15 is 0 Å². The van der Waals surface area contributed by atoms with Crippen LogP contribution < -0.4 is 4.74 Å². The summed E-state index contributed by atoms with van der Waals surface area (Å²) in [5.41, 5.74) is 1.03. The molecule has 180 valence electrons. The van der Waals surface area contributed by atoms with Crippen molar-refractivity contribution in [2.45, 2.75) is 83.0 Å². The van der Waals surface area contributed by atoms with E-state index in [1.54, 1.807) is 6.92 Å². The summed E-state index contributed by atoms with van der Waals surface area (Å²) in [6, 6.07) is 8.49. The van der Waals surface area contributed by atoms with Gasteiger partial charge in [0.25, 0.3) is 0 Å². The van der Waals surface area contributed by atoms with E-state index in [1.165, 1.54) is 0 Å². The molecule has 3 rings (SSSR count). The Bertz CT molecular complexity index is 788. The Morgan fingerprint density at radius 3 is 2.25 bits per heavy atom. The smallest absolute Gasteiger partial charge is 0.310 e. The van der Waals surface area contributed by atoms with Crippen molar-refractivity contribution in [3.05, 3.63) is 29.8 Å². The lowest BCUT2D eigenvalue weighted by Gasteiger charge is -2.47. The Kier molecular flexibility index (Phi) is 11.3. The first-order chi connectivity index (χ1) is 14.3. The highest BCUT2D eigenvalue weighted by atomic mass is 79.9. The van der Waals surface area contributed by atoms with Crippen LogP contribution in [0.1, 0.15) is 63.9 Å². The number of fused-ring (bicyclic) bond motifs is 2. The van der Waals surface area contributed by atoms with Crippen LogP contribution in [-0.4, -0.2) is 52.7 Å². The quantitative estimate of drug-likeness (QED) is 0.261. The van der Waals surface area contributed by atoms with Gasteiger partial charge in [-0.2, -0.15) is 0 Å². The highest BCUT2D eigenvalue weighted by molar-refractivity contribution is 8.93. The molecule has 2 saturated heterocycles. The van der Waals surface area contributed by atoms with Gasteiger partial charge in [-0.05, 0) is 18.6 Å². The van der Waals surface area contributed by atoms with Gasteiger partial charge in [-0.1, -0.05) is 19.1 Å². The van der Waals surface area contributed by atoms with Gasteiger partial charge >= 0.3 is 17.9 Å². The number of aliphatic carboxylic acids is 1. The SMILES string of the molecule is Br.Br.CCC(=O)Oc1ccccc1C[N+]1(C)[C@@H]2CC[C@H]1CC(OC(=O)CCCC(=O)O)C2. The average molecular weight is 580 g/mol. The number of hydrogen-bond donors (Lipinski definition) is 1. The van der Waals surface area contributed by atoms with Gasteiger partial charge in [-0.25, -0.2) is 0 Å². The van der Waals surface area contributed by atoms with Gasteiger partial charge in [-0.3, -0.25) is 14.4 Å². The molecule has 2 aliphatic rings. The van der Waals surface area contributed by atoms with Gasteiger partial charge in [0.05, 0.1) is 19.1 Å². The van der Waals surface area contributed by atoms with Gasteiger partial charge < -0.3 is 19.1 Å². The number of piperidine rings is 1. The number of ether oxygens (including phenoxy) is 2. The minimum Gasteiger partial charge on any atom is -0.481 e. The number of quaternary nitrogens is 1. The minimum atomic E-state index is -0.892. The van der Waals surface area contributed by atoms with Crippen molar-refractivity contribution >= 4 is 51.9 Å². The summed E-state index contributed by atoms with van der Waals surface area (Å²) in [7, 11) is 2.26. The van der Waals surface area contributed by atoms with E-state index in [-0.39, 0.29) is 64.8 Å². The van der Waals surface area contributed by atoms with Crippen molar-refractivity contribution in [2.24, 2.45) is 0 Å². The van der Waals surface area contributed by atoms with Crippen LogP contribution in [0.3, 0.4) is 0 Å². The number of benzene rings is 1. The Morgan fingerprint density at radius 2 is 1.66 bits per heavy atom. The molecule has 7 nitrogen and oxygen atoms in total. The number of rotatable bonds is 9. The molecule has 32 heavy (non-hydrogen) atoms. The third-order valence-electron chi connectivity index (χ3n) is 6.64. The second-order valence-corrected chi connectivity index (χ2v) is 8.66. The summed E-state index contributed by atoms with van der Waals surface area (Å²) in [5, 5.41) is 8.70. The van der Waals surface area contributed by atoms with Crippen LogP contribution in [0.25, 0.3) is 0 Å². The van der Waals surface area contributed by atoms with Gasteiger partial charge in [-0.15, -0.1) is 34.0 Å². The lowest BCUT2D eigenvalue weighted by atomic mass is 9.95. The molecule has 2 bridgehead atoms. The monoisotopic (exact) mass is 578 g/mol. The zero-order chi connectivity index (χ0) is 21.7. The molecule has 2 fully saturated rings. The minimum absolute atomic E-state index is 0. The lowest BCUT2D eigenvalue weighted by molar-refractivity contribution is -0.961. The van der Waals surface area contributed by atoms with Gasteiger partial charge in [0.15, 0.2) is 0 Å². The largest absolute Gasteiger partial charge is 0.481 e. The predicted octanol–water partition coefficient (Wildman–Crippen LogP) is 4.60. The first-order valence-corrected chi connectivity index (χ1v) is 10.9. The van der Waals surface area contributed by atoms with E-state index in [0.717, 1.165) is 42.3 Å². The maximum Gasteiger partial charge on any atom is 0.310 e. The molecule has 1 aromatic carbocycles. The fourth-order valence-electron chi connectivity index (χ4n) is 4.97. The summed E-state index contributed by atoms with van der Waals surface area (Å²) in [5.74, 6) is -0.790. The number of carbonyl (C=O) groups is 3. The summed E-state index contributed by atoms with van der Waals surface area (Å²) >= 11 is 0. The Labute approximate surface area is 210 Å². The summed E-state index contributed by atoms with van der Waals surface area (Å²) in [4.78, 5) is 34.5. The van der Waals surface area contributed by atoms with Crippen LogP contribution in [-0.2, 0) is 25.7 Å². The standard InChI is InChI=1S/C23H31NO6.2BrH/c1-3-22(27)30-20-8-5-4-7-16(20)15-24(2)17-11-12-18(24)14-19(13-17)29-23(28)10-6-9-21(25)26;;/h4-5,7-8,17-19H,3,6,9-15H2,1-2H3;2*1H/p+1/t17-,18+,19?,24?;;. The van der Waals surface area contributed by atoms with Crippen molar-refractivity contribution in [3.63, 3.8) is 0 Å². The third kappa shape index (κ3) is 7.02. The molecular formula is C23H34Br2NO6+.